The van der Waals surface area contributed by atoms with Gasteiger partial charge < -0.3 is 10.1 Å². The van der Waals surface area contributed by atoms with E-state index in [-0.39, 0.29) is 12.4 Å². The second-order valence-corrected chi connectivity index (χ2v) is 6.61. The van der Waals surface area contributed by atoms with E-state index in [1.165, 1.54) is 4.88 Å². The maximum absolute atomic E-state index is 6.18. The highest BCUT2D eigenvalue weighted by Crippen LogP contribution is 2.22. The van der Waals surface area contributed by atoms with Crippen molar-refractivity contribution in [2.45, 2.75) is 19.7 Å². The molecule has 126 valence electrons. The summed E-state index contributed by atoms with van der Waals surface area (Å²) < 4.78 is 5.97. The SMILES string of the molecule is Cl.Clc1ccccc1COc1ccccc1CNCc1cccs1. The molecular formula is C19H19Cl2NOS. The second-order valence-electron chi connectivity index (χ2n) is 5.17. The lowest BCUT2D eigenvalue weighted by atomic mass is 10.2. The minimum absolute atomic E-state index is 0. The van der Waals surface area contributed by atoms with Gasteiger partial charge in [-0.3, -0.25) is 0 Å². The van der Waals surface area contributed by atoms with Crippen molar-refractivity contribution in [3.8, 4) is 5.75 Å². The van der Waals surface area contributed by atoms with Crippen molar-refractivity contribution in [3.63, 3.8) is 0 Å². The molecule has 1 N–H and O–H groups in total. The Morgan fingerprint density at radius 2 is 1.62 bits per heavy atom. The quantitative estimate of drug-likeness (QED) is 0.568. The van der Waals surface area contributed by atoms with Gasteiger partial charge in [-0.1, -0.05) is 54.1 Å². The largest absolute Gasteiger partial charge is 0.489 e. The standard InChI is InChI=1S/C19H18ClNOS.ClH/c20-18-9-3-1-7-16(18)14-22-19-10-4-2-6-15(19)12-21-13-17-8-5-11-23-17;/h1-11,21H,12-14H2;1H. The van der Waals surface area contributed by atoms with Crippen LogP contribution in [0.1, 0.15) is 16.0 Å². The van der Waals surface area contributed by atoms with Gasteiger partial charge in [-0.15, -0.1) is 23.7 Å². The molecule has 5 heteroatoms. The first-order chi connectivity index (χ1) is 11.3. The Labute approximate surface area is 157 Å². The number of hydrogen-bond acceptors (Lipinski definition) is 3. The molecule has 0 aliphatic heterocycles. The average Bonchev–Trinajstić information content (AvgIpc) is 3.09. The predicted octanol–water partition coefficient (Wildman–Crippen LogP) is 5.69. The smallest absolute Gasteiger partial charge is 0.124 e. The number of halogens is 2. The molecule has 0 radical (unpaired) electrons. The zero-order chi connectivity index (χ0) is 15.9. The Morgan fingerprint density at radius 3 is 2.38 bits per heavy atom. The fourth-order valence-corrected chi connectivity index (χ4v) is 3.16. The lowest BCUT2D eigenvalue weighted by Crippen LogP contribution is -2.12. The predicted molar refractivity (Wildman–Crippen MR) is 104 cm³/mol. The average molecular weight is 380 g/mol. The molecule has 0 amide bonds. The van der Waals surface area contributed by atoms with E-state index in [0.29, 0.717) is 6.61 Å². The van der Waals surface area contributed by atoms with Crippen molar-refractivity contribution in [3.05, 3.63) is 87.1 Å². The van der Waals surface area contributed by atoms with Crippen molar-refractivity contribution < 1.29 is 4.74 Å². The fourth-order valence-electron chi connectivity index (χ4n) is 2.30. The molecule has 0 fully saturated rings. The molecule has 0 atom stereocenters. The zero-order valence-electron chi connectivity index (χ0n) is 13.1. The van der Waals surface area contributed by atoms with E-state index >= 15 is 0 Å². The van der Waals surface area contributed by atoms with Gasteiger partial charge in [0, 0.05) is 34.1 Å². The second kappa shape index (κ2) is 9.70. The molecule has 0 unspecified atom stereocenters. The van der Waals surface area contributed by atoms with Crippen molar-refractivity contribution >= 4 is 35.3 Å². The van der Waals surface area contributed by atoms with Crippen molar-refractivity contribution in [1.29, 1.82) is 0 Å². The van der Waals surface area contributed by atoms with Crippen molar-refractivity contribution in [2.24, 2.45) is 0 Å². The highest BCUT2D eigenvalue weighted by atomic mass is 35.5. The third-order valence-corrected chi connectivity index (χ3v) is 4.75. The van der Waals surface area contributed by atoms with Crippen molar-refractivity contribution in [1.82, 2.24) is 5.32 Å². The number of benzene rings is 2. The third kappa shape index (κ3) is 5.25. The van der Waals surface area contributed by atoms with Gasteiger partial charge in [0.1, 0.15) is 12.4 Å². The lowest BCUT2D eigenvalue weighted by molar-refractivity contribution is 0.302. The Morgan fingerprint density at radius 1 is 0.875 bits per heavy atom. The van der Waals surface area contributed by atoms with Gasteiger partial charge in [-0.05, 0) is 23.6 Å². The van der Waals surface area contributed by atoms with Gasteiger partial charge in [0.2, 0.25) is 0 Å². The molecule has 3 rings (SSSR count). The third-order valence-electron chi connectivity index (χ3n) is 3.51. The van der Waals surface area contributed by atoms with E-state index in [4.69, 9.17) is 16.3 Å². The van der Waals surface area contributed by atoms with Crippen LogP contribution in [-0.2, 0) is 19.7 Å². The normalized spacial score (nSPS) is 10.2. The van der Waals surface area contributed by atoms with Gasteiger partial charge in [-0.25, -0.2) is 0 Å². The first kappa shape index (κ1) is 18.8. The summed E-state index contributed by atoms with van der Waals surface area (Å²) in [4.78, 5) is 1.33. The van der Waals surface area contributed by atoms with Gasteiger partial charge in [0.25, 0.3) is 0 Å². The summed E-state index contributed by atoms with van der Waals surface area (Å²) >= 11 is 7.94. The molecule has 0 bridgehead atoms. The lowest BCUT2D eigenvalue weighted by Gasteiger charge is -2.12. The molecule has 0 aliphatic carbocycles. The minimum Gasteiger partial charge on any atom is -0.489 e. The summed E-state index contributed by atoms with van der Waals surface area (Å²) in [6.07, 6.45) is 0. The van der Waals surface area contributed by atoms with Crippen LogP contribution in [0.5, 0.6) is 5.75 Å². The van der Waals surface area contributed by atoms with Crippen LogP contribution in [0.4, 0.5) is 0 Å². The number of hydrogen-bond donors (Lipinski definition) is 1. The maximum Gasteiger partial charge on any atom is 0.124 e. The van der Waals surface area contributed by atoms with E-state index in [1.54, 1.807) is 11.3 Å². The Kier molecular flexibility index (Phi) is 7.60. The Balaban J connectivity index is 0.00000208. The van der Waals surface area contributed by atoms with Crippen LogP contribution in [0.2, 0.25) is 5.02 Å². The molecule has 2 aromatic carbocycles. The van der Waals surface area contributed by atoms with Crippen LogP contribution in [0, 0.1) is 0 Å². The number of para-hydroxylation sites is 1. The van der Waals surface area contributed by atoms with Gasteiger partial charge in [0.05, 0.1) is 0 Å². The molecule has 24 heavy (non-hydrogen) atoms. The van der Waals surface area contributed by atoms with Crippen LogP contribution in [0.25, 0.3) is 0 Å². The van der Waals surface area contributed by atoms with Gasteiger partial charge >= 0.3 is 0 Å². The first-order valence-electron chi connectivity index (χ1n) is 7.50. The number of ether oxygens (including phenoxy) is 1. The molecule has 1 aromatic heterocycles. The highest BCUT2D eigenvalue weighted by molar-refractivity contribution is 7.09. The summed E-state index contributed by atoms with van der Waals surface area (Å²) in [5.74, 6) is 0.895. The Hall–Kier alpha value is -1.52. The molecule has 2 nitrogen and oxygen atoms in total. The fraction of sp³-hybridized carbons (Fsp3) is 0.158. The molecule has 1 heterocycles. The van der Waals surface area contributed by atoms with Gasteiger partial charge in [0.15, 0.2) is 0 Å². The van der Waals surface area contributed by atoms with Crippen LogP contribution in [0.15, 0.2) is 66.0 Å². The van der Waals surface area contributed by atoms with E-state index in [0.717, 1.165) is 35.0 Å². The maximum atomic E-state index is 6.18. The van der Waals surface area contributed by atoms with E-state index in [2.05, 4.69) is 28.9 Å². The Bertz CT molecular complexity index is 747. The minimum atomic E-state index is 0. The highest BCUT2D eigenvalue weighted by Gasteiger charge is 2.05. The van der Waals surface area contributed by atoms with Crippen LogP contribution in [-0.4, -0.2) is 0 Å². The summed E-state index contributed by atoms with van der Waals surface area (Å²) in [5, 5.41) is 6.29. The van der Waals surface area contributed by atoms with Crippen LogP contribution >= 0.6 is 35.3 Å². The number of rotatable bonds is 7. The summed E-state index contributed by atoms with van der Waals surface area (Å²) in [6, 6.07) is 20.1. The first-order valence-corrected chi connectivity index (χ1v) is 8.76. The summed E-state index contributed by atoms with van der Waals surface area (Å²) in [7, 11) is 0. The summed E-state index contributed by atoms with van der Waals surface area (Å²) in [5.41, 5.74) is 2.15. The summed E-state index contributed by atoms with van der Waals surface area (Å²) in [6.45, 7) is 2.12. The molecule has 0 saturated carbocycles. The van der Waals surface area contributed by atoms with Crippen LogP contribution in [0.3, 0.4) is 0 Å². The topological polar surface area (TPSA) is 21.3 Å². The van der Waals surface area contributed by atoms with E-state index in [1.807, 2.05) is 42.5 Å². The van der Waals surface area contributed by atoms with Gasteiger partial charge in [-0.2, -0.15) is 0 Å². The molecule has 0 saturated heterocycles. The number of nitrogens with one attached hydrogen (secondary N) is 1. The zero-order valence-corrected chi connectivity index (χ0v) is 15.5. The molecule has 0 spiro atoms. The molecular weight excluding hydrogens is 361 g/mol. The monoisotopic (exact) mass is 379 g/mol. The number of thiophene rings is 1. The van der Waals surface area contributed by atoms with E-state index in [9.17, 15) is 0 Å². The molecule has 3 aromatic rings. The van der Waals surface area contributed by atoms with Crippen LogP contribution < -0.4 is 10.1 Å². The molecule has 0 aliphatic rings. The van der Waals surface area contributed by atoms with E-state index < -0.39 is 0 Å². The van der Waals surface area contributed by atoms with Crippen molar-refractivity contribution in [2.75, 3.05) is 0 Å².